The van der Waals surface area contributed by atoms with E-state index in [1.807, 2.05) is 0 Å². The minimum atomic E-state index is -1.92. The third kappa shape index (κ3) is 1.17. The SMILES string of the molecule is NS1(=O)=CCCC1. The summed E-state index contributed by atoms with van der Waals surface area (Å²) in [5.41, 5.74) is 0. The summed E-state index contributed by atoms with van der Waals surface area (Å²) in [6.45, 7) is 0. The minimum Gasteiger partial charge on any atom is -0.259 e. The molecule has 2 nitrogen and oxygen atoms in total. The van der Waals surface area contributed by atoms with E-state index in [2.05, 4.69) is 0 Å². The van der Waals surface area contributed by atoms with Crippen molar-refractivity contribution in [2.45, 2.75) is 12.8 Å². The minimum absolute atomic E-state index is 0.701. The Bertz CT molecular complexity index is 167. The summed E-state index contributed by atoms with van der Waals surface area (Å²) in [5.74, 6) is 0.701. The second-order valence-electron chi connectivity index (χ2n) is 1.79. The molecule has 0 amide bonds. The Morgan fingerprint density at radius 3 is 2.57 bits per heavy atom. The first kappa shape index (κ1) is 5.12. The average Bonchev–Trinajstić information content (AvgIpc) is 1.84. The zero-order chi connectivity index (χ0) is 5.33. The quantitative estimate of drug-likeness (QED) is 0.439. The molecule has 2 N–H and O–H groups in total. The van der Waals surface area contributed by atoms with Crippen molar-refractivity contribution in [1.29, 1.82) is 0 Å². The number of nitrogens with two attached hydrogens (primary N) is 1. The molecule has 1 aliphatic heterocycles. The van der Waals surface area contributed by atoms with Gasteiger partial charge in [0.25, 0.3) is 0 Å². The van der Waals surface area contributed by atoms with Crippen LogP contribution in [0.3, 0.4) is 0 Å². The second kappa shape index (κ2) is 1.49. The maximum absolute atomic E-state index is 10.7. The van der Waals surface area contributed by atoms with Crippen molar-refractivity contribution in [2.75, 3.05) is 5.75 Å². The molecule has 7 heavy (non-hydrogen) atoms. The molecule has 0 saturated heterocycles. The summed E-state index contributed by atoms with van der Waals surface area (Å²) in [5, 5.41) is 6.98. The predicted molar refractivity (Wildman–Crippen MR) is 32.5 cm³/mol. The van der Waals surface area contributed by atoms with Gasteiger partial charge in [-0.25, -0.2) is 0 Å². The number of hydrogen-bond donors (Lipinski definition) is 1. The molecule has 1 aliphatic rings. The van der Waals surface area contributed by atoms with Crippen LogP contribution in [-0.2, 0) is 9.71 Å². The summed E-state index contributed by atoms with van der Waals surface area (Å²) in [6.07, 6.45) is 1.95. The summed E-state index contributed by atoms with van der Waals surface area (Å²) >= 11 is 0. The first-order valence-corrected chi connectivity index (χ1v) is 4.19. The molecule has 0 aromatic rings. The van der Waals surface area contributed by atoms with E-state index >= 15 is 0 Å². The maximum Gasteiger partial charge on any atom is 0.0293 e. The smallest absolute Gasteiger partial charge is 0.0293 e. The molecule has 0 bridgehead atoms. The van der Waals surface area contributed by atoms with Crippen molar-refractivity contribution >= 4 is 15.1 Å². The lowest BCUT2D eigenvalue weighted by molar-refractivity contribution is 0.682. The van der Waals surface area contributed by atoms with Crippen LogP contribution in [0, 0.1) is 0 Å². The van der Waals surface area contributed by atoms with E-state index in [0.717, 1.165) is 12.8 Å². The third-order valence-corrected chi connectivity index (χ3v) is 2.79. The van der Waals surface area contributed by atoms with Gasteiger partial charge in [-0.2, -0.15) is 0 Å². The van der Waals surface area contributed by atoms with Gasteiger partial charge in [-0.05, 0) is 18.2 Å². The highest BCUT2D eigenvalue weighted by Crippen LogP contribution is 1.99. The molecule has 1 atom stereocenters. The molecular formula is C4H9NOS. The lowest BCUT2D eigenvalue weighted by Crippen LogP contribution is -2.13. The van der Waals surface area contributed by atoms with E-state index in [9.17, 15) is 4.21 Å². The lowest BCUT2D eigenvalue weighted by Gasteiger charge is -1.89. The van der Waals surface area contributed by atoms with Gasteiger partial charge in [0, 0.05) is 15.5 Å². The van der Waals surface area contributed by atoms with Crippen LogP contribution in [0.2, 0.25) is 0 Å². The Balaban J connectivity index is 2.90. The van der Waals surface area contributed by atoms with Crippen LogP contribution < -0.4 is 5.14 Å². The van der Waals surface area contributed by atoms with Gasteiger partial charge in [0.05, 0.1) is 0 Å². The monoisotopic (exact) mass is 119 g/mol. The standard InChI is InChI=1S/C4H9NOS/c5-7(6)3-1-2-4-7/h3H,1-2,4H2,(H2,5,6). The van der Waals surface area contributed by atoms with E-state index in [1.165, 1.54) is 0 Å². The molecule has 0 aromatic heterocycles. The van der Waals surface area contributed by atoms with Crippen molar-refractivity contribution in [3.05, 3.63) is 0 Å². The molecule has 1 rings (SSSR count). The van der Waals surface area contributed by atoms with Gasteiger partial charge in [0.2, 0.25) is 0 Å². The van der Waals surface area contributed by atoms with Crippen molar-refractivity contribution < 1.29 is 4.21 Å². The van der Waals surface area contributed by atoms with Crippen molar-refractivity contribution in [2.24, 2.45) is 5.14 Å². The highest BCUT2D eigenvalue weighted by atomic mass is 32.2. The molecule has 42 valence electrons. The molecular weight excluding hydrogens is 110 g/mol. The van der Waals surface area contributed by atoms with Gasteiger partial charge in [-0.3, -0.25) is 9.35 Å². The summed E-state index contributed by atoms with van der Waals surface area (Å²) < 4.78 is 10.7. The first-order valence-electron chi connectivity index (χ1n) is 2.33. The van der Waals surface area contributed by atoms with Gasteiger partial charge in [-0.1, -0.05) is 0 Å². The third-order valence-electron chi connectivity index (χ3n) is 1.07. The molecule has 0 saturated carbocycles. The first-order chi connectivity index (χ1) is 3.21. The fourth-order valence-corrected chi connectivity index (χ4v) is 2.03. The van der Waals surface area contributed by atoms with Gasteiger partial charge in [0.15, 0.2) is 0 Å². The van der Waals surface area contributed by atoms with Crippen LogP contribution in [0.4, 0.5) is 0 Å². The Hall–Kier alpha value is -0.0200. The van der Waals surface area contributed by atoms with Crippen molar-refractivity contribution in [1.82, 2.24) is 0 Å². The zero-order valence-electron chi connectivity index (χ0n) is 4.09. The zero-order valence-corrected chi connectivity index (χ0v) is 4.91. The van der Waals surface area contributed by atoms with E-state index in [1.54, 1.807) is 5.37 Å². The van der Waals surface area contributed by atoms with E-state index in [-0.39, 0.29) is 0 Å². The highest BCUT2D eigenvalue weighted by molar-refractivity contribution is 7.99. The van der Waals surface area contributed by atoms with Crippen molar-refractivity contribution in [3.8, 4) is 0 Å². The molecule has 0 radical (unpaired) electrons. The molecule has 0 aromatic carbocycles. The normalized spacial score (nSPS) is 40.7. The van der Waals surface area contributed by atoms with E-state index in [4.69, 9.17) is 5.14 Å². The van der Waals surface area contributed by atoms with E-state index in [0.29, 0.717) is 5.75 Å². The molecule has 0 aliphatic carbocycles. The average molecular weight is 119 g/mol. The van der Waals surface area contributed by atoms with Gasteiger partial charge < -0.3 is 0 Å². The van der Waals surface area contributed by atoms with Gasteiger partial charge >= 0.3 is 0 Å². The summed E-state index contributed by atoms with van der Waals surface area (Å²) in [6, 6.07) is 0. The van der Waals surface area contributed by atoms with E-state index < -0.39 is 9.71 Å². The van der Waals surface area contributed by atoms with Crippen LogP contribution in [0.1, 0.15) is 12.8 Å². The maximum atomic E-state index is 10.7. The fourth-order valence-electron chi connectivity index (χ4n) is 0.675. The van der Waals surface area contributed by atoms with Crippen LogP contribution in [0.25, 0.3) is 0 Å². The summed E-state index contributed by atoms with van der Waals surface area (Å²) in [4.78, 5) is 0. The largest absolute Gasteiger partial charge is 0.259 e. The Labute approximate surface area is 43.8 Å². The molecule has 0 spiro atoms. The van der Waals surface area contributed by atoms with Gasteiger partial charge in [-0.15, -0.1) is 0 Å². The molecule has 3 heteroatoms. The molecule has 0 fully saturated rings. The second-order valence-corrected chi connectivity index (χ2v) is 4.09. The Morgan fingerprint density at radius 1 is 1.71 bits per heavy atom. The topological polar surface area (TPSA) is 43.1 Å². The number of rotatable bonds is 0. The lowest BCUT2D eigenvalue weighted by atomic mass is 10.4. The number of hydrogen-bond acceptors (Lipinski definition) is 1. The summed E-state index contributed by atoms with van der Waals surface area (Å²) in [7, 11) is -1.92. The highest BCUT2D eigenvalue weighted by Gasteiger charge is 2.04. The molecule has 1 heterocycles. The van der Waals surface area contributed by atoms with Crippen LogP contribution in [0.15, 0.2) is 0 Å². The van der Waals surface area contributed by atoms with Crippen LogP contribution >= 0.6 is 0 Å². The van der Waals surface area contributed by atoms with Crippen molar-refractivity contribution in [3.63, 3.8) is 0 Å². The predicted octanol–water partition coefficient (Wildman–Crippen LogP) is -0.259. The molecule has 1 unspecified atom stereocenters. The Kier molecular flexibility index (Phi) is 1.09. The van der Waals surface area contributed by atoms with Gasteiger partial charge in [0.1, 0.15) is 0 Å². The Morgan fingerprint density at radius 2 is 2.43 bits per heavy atom. The fraction of sp³-hybridized carbons (Fsp3) is 0.750. The van der Waals surface area contributed by atoms with Crippen LogP contribution in [-0.4, -0.2) is 15.3 Å². The van der Waals surface area contributed by atoms with Crippen LogP contribution in [0.5, 0.6) is 0 Å².